The first-order chi connectivity index (χ1) is 7.38. The fraction of sp³-hybridized carbons (Fsp3) is 0.417. The topological polar surface area (TPSA) is 61.1 Å². The van der Waals surface area contributed by atoms with Crippen molar-refractivity contribution in [1.82, 2.24) is 0 Å². The van der Waals surface area contributed by atoms with Gasteiger partial charge in [0, 0.05) is 4.90 Å². The molecule has 3 unspecified atom stereocenters. The lowest BCUT2D eigenvalue weighted by Gasteiger charge is -2.22. The maximum atomic E-state index is 12.1. The lowest BCUT2D eigenvalue weighted by molar-refractivity contribution is 0.120. The number of aryl methyl sites for hydroxylation is 1. The van der Waals surface area contributed by atoms with E-state index < -0.39 is 21.7 Å². The standard InChI is InChI=1S/C12H15NO2S/c1-9-4-6-11(7-5-9)16(15)10(2)12(3,14)8-13/h4-7,10,14H,1-3H3. The van der Waals surface area contributed by atoms with E-state index in [9.17, 15) is 9.32 Å². The molecule has 3 atom stereocenters. The average molecular weight is 237 g/mol. The van der Waals surface area contributed by atoms with E-state index in [1.165, 1.54) is 6.92 Å². The normalized spacial score (nSPS) is 18.2. The molecule has 0 fully saturated rings. The Bertz CT molecular complexity index is 431. The Morgan fingerprint density at radius 2 is 1.94 bits per heavy atom. The summed E-state index contributed by atoms with van der Waals surface area (Å²) in [5.41, 5.74) is -0.490. The van der Waals surface area contributed by atoms with Gasteiger partial charge in [0.05, 0.1) is 22.1 Å². The van der Waals surface area contributed by atoms with Crippen molar-refractivity contribution in [3.8, 4) is 6.07 Å². The van der Waals surface area contributed by atoms with Gasteiger partial charge in [0.2, 0.25) is 0 Å². The van der Waals surface area contributed by atoms with Gasteiger partial charge in [-0.25, -0.2) is 0 Å². The van der Waals surface area contributed by atoms with Gasteiger partial charge in [-0.2, -0.15) is 5.26 Å². The fourth-order valence-corrected chi connectivity index (χ4v) is 2.46. The molecule has 1 N–H and O–H groups in total. The maximum Gasteiger partial charge on any atom is 0.162 e. The van der Waals surface area contributed by atoms with Gasteiger partial charge in [-0.3, -0.25) is 4.21 Å². The molecule has 86 valence electrons. The van der Waals surface area contributed by atoms with E-state index in [1.807, 2.05) is 19.1 Å². The van der Waals surface area contributed by atoms with Gasteiger partial charge in [-0.1, -0.05) is 17.7 Å². The van der Waals surface area contributed by atoms with Crippen LogP contribution in [0.15, 0.2) is 29.2 Å². The molecule has 0 aliphatic rings. The molecule has 0 amide bonds. The van der Waals surface area contributed by atoms with Crippen molar-refractivity contribution in [2.24, 2.45) is 0 Å². The Morgan fingerprint density at radius 3 is 2.38 bits per heavy atom. The highest BCUT2D eigenvalue weighted by Gasteiger charge is 2.33. The average Bonchev–Trinajstić information content (AvgIpc) is 2.28. The van der Waals surface area contributed by atoms with Crippen LogP contribution in [0.4, 0.5) is 0 Å². The third-order valence-electron chi connectivity index (χ3n) is 2.59. The molecular formula is C12H15NO2S. The molecule has 0 radical (unpaired) electrons. The number of benzene rings is 1. The van der Waals surface area contributed by atoms with Gasteiger partial charge in [0.1, 0.15) is 0 Å². The third kappa shape index (κ3) is 2.69. The van der Waals surface area contributed by atoms with Crippen LogP contribution in [-0.4, -0.2) is 20.2 Å². The van der Waals surface area contributed by atoms with Crippen LogP contribution < -0.4 is 0 Å². The second kappa shape index (κ2) is 4.77. The molecule has 0 aliphatic heterocycles. The Kier molecular flexibility index (Phi) is 3.84. The smallest absolute Gasteiger partial charge is 0.162 e. The zero-order valence-corrected chi connectivity index (χ0v) is 10.4. The predicted octanol–water partition coefficient (Wildman–Crippen LogP) is 1.77. The van der Waals surface area contributed by atoms with E-state index >= 15 is 0 Å². The molecule has 3 nitrogen and oxygen atoms in total. The monoisotopic (exact) mass is 237 g/mol. The summed E-state index contributed by atoms with van der Waals surface area (Å²) in [6.45, 7) is 4.94. The van der Waals surface area contributed by atoms with Gasteiger partial charge < -0.3 is 5.11 Å². The van der Waals surface area contributed by atoms with Crippen LogP contribution in [0.2, 0.25) is 0 Å². The third-order valence-corrected chi connectivity index (χ3v) is 4.43. The molecule has 0 saturated heterocycles. The number of aliphatic hydroxyl groups is 1. The van der Waals surface area contributed by atoms with Gasteiger partial charge >= 0.3 is 0 Å². The van der Waals surface area contributed by atoms with Crippen molar-refractivity contribution in [3.05, 3.63) is 29.8 Å². The highest BCUT2D eigenvalue weighted by atomic mass is 32.2. The Balaban J connectivity index is 2.96. The lowest BCUT2D eigenvalue weighted by Crippen LogP contribution is -2.38. The summed E-state index contributed by atoms with van der Waals surface area (Å²) in [6, 6.07) is 9.01. The van der Waals surface area contributed by atoms with Crippen LogP contribution in [-0.2, 0) is 10.8 Å². The molecule has 1 aromatic rings. The van der Waals surface area contributed by atoms with E-state index in [0.29, 0.717) is 4.90 Å². The highest BCUT2D eigenvalue weighted by molar-refractivity contribution is 7.85. The van der Waals surface area contributed by atoms with E-state index in [4.69, 9.17) is 5.26 Å². The number of hydrogen-bond donors (Lipinski definition) is 1. The molecule has 0 aliphatic carbocycles. The van der Waals surface area contributed by atoms with Crippen LogP contribution >= 0.6 is 0 Å². The van der Waals surface area contributed by atoms with E-state index in [1.54, 1.807) is 25.1 Å². The zero-order chi connectivity index (χ0) is 12.3. The van der Waals surface area contributed by atoms with Crippen molar-refractivity contribution < 1.29 is 9.32 Å². The second-order valence-corrected chi connectivity index (χ2v) is 5.79. The Labute approximate surface area is 98.2 Å². The van der Waals surface area contributed by atoms with E-state index in [-0.39, 0.29) is 0 Å². The highest BCUT2D eigenvalue weighted by Crippen LogP contribution is 2.20. The number of nitriles is 1. The Morgan fingerprint density at radius 1 is 1.44 bits per heavy atom. The minimum Gasteiger partial charge on any atom is -0.374 e. The lowest BCUT2D eigenvalue weighted by atomic mass is 10.1. The maximum absolute atomic E-state index is 12.1. The number of rotatable bonds is 3. The number of hydrogen-bond acceptors (Lipinski definition) is 3. The van der Waals surface area contributed by atoms with Crippen LogP contribution in [0.5, 0.6) is 0 Å². The summed E-state index contributed by atoms with van der Waals surface area (Å²) in [5, 5.41) is 17.9. The van der Waals surface area contributed by atoms with E-state index in [0.717, 1.165) is 5.56 Å². The van der Waals surface area contributed by atoms with Crippen molar-refractivity contribution in [3.63, 3.8) is 0 Å². The summed E-state index contributed by atoms with van der Waals surface area (Å²) in [7, 11) is -1.38. The molecule has 0 aromatic heterocycles. The Hall–Kier alpha value is -1.18. The van der Waals surface area contributed by atoms with Crippen molar-refractivity contribution in [2.45, 2.75) is 36.5 Å². The summed E-state index contributed by atoms with van der Waals surface area (Å²) in [6.07, 6.45) is 0. The molecule has 4 heteroatoms. The molecule has 0 saturated carbocycles. The molecule has 16 heavy (non-hydrogen) atoms. The summed E-state index contributed by atoms with van der Waals surface area (Å²) < 4.78 is 12.1. The minimum atomic E-state index is -1.57. The first kappa shape index (κ1) is 12.9. The largest absolute Gasteiger partial charge is 0.374 e. The van der Waals surface area contributed by atoms with Gasteiger partial charge in [0.25, 0.3) is 0 Å². The van der Waals surface area contributed by atoms with Crippen LogP contribution in [0.1, 0.15) is 19.4 Å². The molecule has 0 heterocycles. The predicted molar refractivity (Wildman–Crippen MR) is 63.3 cm³/mol. The number of nitrogens with zero attached hydrogens (tertiary/aromatic N) is 1. The van der Waals surface area contributed by atoms with Crippen molar-refractivity contribution in [1.29, 1.82) is 5.26 Å². The minimum absolute atomic E-state index is 0.625. The van der Waals surface area contributed by atoms with Crippen LogP contribution in [0.25, 0.3) is 0 Å². The van der Waals surface area contributed by atoms with Crippen LogP contribution in [0.3, 0.4) is 0 Å². The molecule has 0 spiro atoms. The SMILES string of the molecule is Cc1ccc(S(=O)C(C)C(C)(O)C#N)cc1. The second-order valence-electron chi connectivity index (χ2n) is 4.01. The van der Waals surface area contributed by atoms with Gasteiger partial charge in [-0.05, 0) is 32.9 Å². The van der Waals surface area contributed by atoms with Crippen molar-refractivity contribution in [2.75, 3.05) is 0 Å². The summed E-state index contributed by atoms with van der Waals surface area (Å²) in [5.74, 6) is 0. The summed E-state index contributed by atoms with van der Waals surface area (Å²) in [4.78, 5) is 0.633. The molecular weight excluding hydrogens is 222 g/mol. The summed E-state index contributed by atoms with van der Waals surface area (Å²) >= 11 is 0. The van der Waals surface area contributed by atoms with Crippen molar-refractivity contribution >= 4 is 10.8 Å². The molecule has 0 bridgehead atoms. The van der Waals surface area contributed by atoms with Gasteiger partial charge in [-0.15, -0.1) is 0 Å². The molecule has 1 rings (SSSR count). The quantitative estimate of drug-likeness (QED) is 0.815. The van der Waals surface area contributed by atoms with E-state index in [2.05, 4.69) is 0 Å². The van der Waals surface area contributed by atoms with Gasteiger partial charge in [0.15, 0.2) is 5.60 Å². The van der Waals surface area contributed by atoms with Crippen LogP contribution in [0, 0.1) is 18.3 Å². The first-order valence-electron chi connectivity index (χ1n) is 4.99. The molecule has 1 aromatic carbocycles. The first-order valence-corrected chi connectivity index (χ1v) is 6.20. The fourth-order valence-electron chi connectivity index (χ4n) is 1.18. The zero-order valence-electron chi connectivity index (χ0n) is 9.60.